The number of halogens is 1. The maximum atomic E-state index is 12.6. The van der Waals surface area contributed by atoms with E-state index in [4.69, 9.17) is 5.73 Å². The number of benzene rings is 1. The number of hydrogen-bond acceptors (Lipinski definition) is 3. The van der Waals surface area contributed by atoms with Gasteiger partial charge >= 0.3 is 0 Å². The smallest absolute Gasteiger partial charge is 0.251 e. The predicted octanol–water partition coefficient (Wildman–Crippen LogP) is 2.48. The van der Waals surface area contributed by atoms with E-state index >= 15 is 0 Å². The van der Waals surface area contributed by atoms with Crippen molar-refractivity contribution in [2.75, 3.05) is 13.1 Å². The number of nitrogens with one attached hydrogen (secondary N) is 1. The van der Waals surface area contributed by atoms with Crippen molar-refractivity contribution in [3.05, 3.63) is 35.4 Å². The summed E-state index contributed by atoms with van der Waals surface area (Å²) in [6, 6.07) is 7.42. The molecular formula is C19H28ClN3O2. The highest BCUT2D eigenvalue weighted by Crippen LogP contribution is 2.26. The van der Waals surface area contributed by atoms with Crippen molar-refractivity contribution in [2.45, 2.75) is 51.1 Å². The Morgan fingerprint density at radius 2 is 1.76 bits per heavy atom. The van der Waals surface area contributed by atoms with Crippen LogP contribution in [-0.4, -0.2) is 35.8 Å². The molecule has 1 aliphatic heterocycles. The molecule has 3 rings (SSSR count). The normalized spacial score (nSPS) is 20.8. The molecule has 2 aliphatic rings. The monoisotopic (exact) mass is 365 g/mol. The van der Waals surface area contributed by atoms with Crippen LogP contribution >= 0.6 is 12.4 Å². The maximum Gasteiger partial charge on any atom is 0.251 e. The van der Waals surface area contributed by atoms with E-state index in [-0.39, 0.29) is 30.3 Å². The first-order valence-electron chi connectivity index (χ1n) is 9.06. The highest BCUT2D eigenvalue weighted by atomic mass is 35.5. The lowest BCUT2D eigenvalue weighted by molar-refractivity contribution is -0.135. The zero-order chi connectivity index (χ0) is 16.9. The van der Waals surface area contributed by atoms with Crippen LogP contribution in [-0.2, 0) is 11.3 Å². The van der Waals surface area contributed by atoms with E-state index in [2.05, 4.69) is 5.32 Å². The number of carbonyl (C=O) groups is 2. The average molecular weight is 366 g/mol. The molecule has 2 fully saturated rings. The Morgan fingerprint density at radius 1 is 1.08 bits per heavy atom. The van der Waals surface area contributed by atoms with Gasteiger partial charge in [0, 0.05) is 37.2 Å². The fourth-order valence-electron chi connectivity index (χ4n) is 3.75. The lowest BCUT2D eigenvalue weighted by Crippen LogP contribution is -2.40. The van der Waals surface area contributed by atoms with Gasteiger partial charge in [-0.05, 0) is 37.0 Å². The Hall–Kier alpha value is -1.59. The third-order valence-electron chi connectivity index (χ3n) is 5.24. The number of likely N-dealkylation sites (tertiary alicyclic amines) is 1. The maximum absolute atomic E-state index is 12.6. The SMILES string of the molecule is Cl.NCc1ccc(C(=O)NC2CCN(C(=O)C3CCCCC3)C2)cc1. The highest BCUT2D eigenvalue weighted by molar-refractivity contribution is 5.94. The van der Waals surface area contributed by atoms with Gasteiger partial charge in [-0.3, -0.25) is 9.59 Å². The van der Waals surface area contributed by atoms with E-state index in [1.54, 1.807) is 12.1 Å². The molecular weight excluding hydrogens is 338 g/mol. The molecule has 2 amide bonds. The Morgan fingerprint density at radius 3 is 2.40 bits per heavy atom. The first kappa shape index (κ1) is 19.7. The number of nitrogens with two attached hydrogens (primary N) is 1. The topological polar surface area (TPSA) is 75.4 Å². The van der Waals surface area contributed by atoms with Gasteiger partial charge in [-0.25, -0.2) is 0 Å². The highest BCUT2D eigenvalue weighted by Gasteiger charge is 2.32. The molecule has 1 aromatic rings. The zero-order valence-electron chi connectivity index (χ0n) is 14.6. The van der Waals surface area contributed by atoms with Crippen LogP contribution in [0.4, 0.5) is 0 Å². The second-order valence-corrected chi connectivity index (χ2v) is 6.98. The minimum atomic E-state index is -0.0736. The Balaban J connectivity index is 0.00000225. The van der Waals surface area contributed by atoms with Gasteiger partial charge in [0.1, 0.15) is 0 Å². The molecule has 3 N–H and O–H groups in total. The molecule has 1 aliphatic carbocycles. The van der Waals surface area contributed by atoms with Gasteiger partial charge in [-0.1, -0.05) is 31.4 Å². The molecule has 25 heavy (non-hydrogen) atoms. The minimum absolute atomic E-state index is 0. The number of nitrogens with zero attached hydrogens (tertiary/aromatic N) is 1. The van der Waals surface area contributed by atoms with Crippen LogP contribution in [0.3, 0.4) is 0 Å². The Labute approximate surface area is 155 Å². The van der Waals surface area contributed by atoms with Crippen molar-refractivity contribution in [3.63, 3.8) is 0 Å². The number of hydrogen-bond donors (Lipinski definition) is 2. The Bertz CT molecular complexity index is 585. The Kier molecular flexibility index (Phi) is 7.26. The van der Waals surface area contributed by atoms with Crippen LogP contribution in [0.2, 0.25) is 0 Å². The lowest BCUT2D eigenvalue weighted by atomic mass is 9.88. The standard InChI is InChI=1S/C19H27N3O2.ClH/c20-12-14-6-8-15(9-7-14)18(23)21-17-10-11-22(13-17)19(24)16-4-2-1-3-5-16;/h6-9,16-17H,1-5,10-13,20H2,(H,21,23);1H. The third kappa shape index (κ3) is 4.95. The summed E-state index contributed by atoms with van der Waals surface area (Å²) >= 11 is 0. The second-order valence-electron chi connectivity index (χ2n) is 6.98. The van der Waals surface area contributed by atoms with Crippen molar-refractivity contribution in [3.8, 4) is 0 Å². The van der Waals surface area contributed by atoms with Crippen LogP contribution in [0.25, 0.3) is 0 Å². The van der Waals surface area contributed by atoms with Gasteiger partial charge in [0.05, 0.1) is 0 Å². The van der Waals surface area contributed by atoms with E-state index in [1.807, 2.05) is 17.0 Å². The van der Waals surface area contributed by atoms with E-state index < -0.39 is 0 Å². The van der Waals surface area contributed by atoms with Crippen LogP contribution < -0.4 is 11.1 Å². The summed E-state index contributed by atoms with van der Waals surface area (Å²) in [6.07, 6.45) is 6.49. The third-order valence-corrected chi connectivity index (χ3v) is 5.24. The van der Waals surface area contributed by atoms with Crippen LogP contribution in [0, 0.1) is 5.92 Å². The number of amides is 2. The van der Waals surface area contributed by atoms with Crippen LogP contribution in [0.1, 0.15) is 54.4 Å². The minimum Gasteiger partial charge on any atom is -0.347 e. The molecule has 1 aromatic carbocycles. The van der Waals surface area contributed by atoms with Gasteiger partial charge in [-0.15, -0.1) is 12.4 Å². The molecule has 0 bridgehead atoms. The van der Waals surface area contributed by atoms with E-state index in [0.717, 1.165) is 31.4 Å². The van der Waals surface area contributed by atoms with Crippen molar-refractivity contribution < 1.29 is 9.59 Å². The molecule has 0 spiro atoms. The molecule has 1 saturated heterocycles. The van der Waals surface area contributed by atoms with E-state index in [0.29, 0.717) is 24.6 Å². The van der Waals surface area contributed by atoms with Gasteiger partial charge in [0.2, 0.25) is 5.91 Å². The van der Waals surface area contributed by atoms with Gasteiger partial charge in [-0.2, -0.15) is 0 Å². The molecule has 1 atom stereocenters. The zero-order valence-corrected chi connectivity index (χ0v) is 15.4. The molecule has 6 heteroatoms. The lowest BCUT2D eigenvalue weighted by Gasteiger charge is -2.26. The molecule has 0 radical (unpaired) electrons. The molecule has 138 valence electrons. The van der Waals surface area contributed by atoms with E-state index in [1.165, 1.54) is 19.3 Å². The average Bonchev–Trinajstić information content (AvgIpc) is 3.10. The quantitative estimate of drug-likeness (QED) is 0.860. The van der Waals surface area contributed by atoms with Crippen molar-refractivity contribution in [1.29, 1.82) is 0 Å². The van der Waals surface area contributed by atoms with Crippen LogP contribution in [0.5, 0.6) is 0 Å². The molecule has 0 aromatic heterocycles. The van der Waals surface area contributed by atoms with Crippen molar-refractivity contribution in [1.82, 2.24) is 10.2 Å². The molecule has 1 heterocycles. The summed E-state index contributed by atoms with van der Waals surface area (Å²) in [6.45, 7) is 1.87. The summed E-state index contributed by atoms with van der Waals surface area (Å²) in [5.41, 5.74) is 7.23. The summed E-state index contributed by atoms with van der Waals surface area (Å²) in [5, 5.41) is 3.06. The fourth-order valence-corrected chi connectivity index (χ4v) is 3.75. The van der Waals surface area contributed by atoms with Gasteiger partial charge in [0.25, 0.3) is 5.91 Å². The summed E-state index contributed by atoms with van der Waals surface area (Å²) in [5.74, 6) is 0.422. The second kappa shape index (κ2) is 9.20. The molecule has 5 nitrogen and oxygen atoms in total. The van der Waals surface area contributed by atoms with Crippen molar-refractivity contribution in [2.24, 2.45) is 11.7 Å². The first-order chi connectivity index (χ1) is 11.7. The summed E-state index contributed by atoms with van der Waals surface area (Å²) < 4.78 is 0. The molecule has 1 unspecified atom stereocenters. The first-order valence-corrected chi connectivity index (χ1v) is 9.06. The fraction of sp³-hybridized carbons (Fsp3) is 0.579. The van der Waals surface area contributed by atoms with Crippen LogP contribution in [0.15, 0.2) is 24.3 Å². The number of carbonyl (C=O) groups excluding carboxylic acids is 2. The number of rotatable bonds is 4. The predicted molar refractivity (Wildman–Crippen MR) is 101 cm³/mol. The summed E-state index contributed by atoms with van der Waals surface area (Å²) in [4.78, 5) is 26.8. The van der Waals surface area contributed by atoms with Gasteiger partial charge < -0.3 is 16.0 Å². The largest absolute Gasteiger partial charge is 0.347 e. The van der Waals surface area contributed by atoms with Crippen molar-refractivity contribution >= 4 is 24.2 Å². The van der Waals surface area contributed by atoms with Gasteiger partial charge in [0.15, 0.2) is 0 Å². The van der Waals surface area contributed by atoms with E-state index in [9.17, 15) is 9.59 Å². The molecule has 1 saturated carbocycles. The summed E-state index contributed by atoms with van der Waals surface area (Å²) in [7, 11) is 0.